The summed E-state index contributed by atoms with van der Waals surface area (Å²) in [7, 11) is 0. The molecule has 20 heavy (non-hydrogen) atoms. The maximum Gasteiger partial charge on any atom is 0.223 e. The van der Waals surface area contributed by atoms with Crippen molar-refractivity contribution < 1.29 is 9.53 Å². The van der Waals surface area contributed by atoms with E-state index in [1.165, 1.54) is 0 Å². The molecule has 0 saturated heterocycles. The summed E-state index contributed by atoms with van der Waals surface area (Å²) in [4.78, 5) is 20.7. The average Bonchev–Trinajstić information content (AvgIpc) is 3.25. The Morgan fingerprint density at radius 1 is 1.50 bits per heavy atom. The van der Waals surface area contributed by atoms with Gasteiger partial charge in [0.05, 0.1) is 12.6 Å². The van der Waals surface area contributed by atoms with Crippen LogP contribution in [0.25, 0.3) is 11.2 Å². The van der Waals surface area contributed by atoms with E-state index in [0.717, 1.165) is 29.8 Å². The molecule has 2 aromatic heterocycles. The fourth-order valence-corrected chi connectivity index (χ4v) is 2.68. The van der Waals surface area contributed by atoms with Gasteiger partial charge in [-0.05, 0) is 25.0 Å². The number of hydrogen-bond acceptors (Lipinski definition) is 4. The summed E-state index contributed by atoms with van der Waals surface area (Å²) in [5, 5.41) is 3.01. The van der Waals surface area contributed by atoms with E-state index >= 15 is 0 Å². The number of ether oxygens (including phenoxy) is 1. The number of carbonyl (C=O) groups excluding carboxylic acids is 1. The molecular formula is C14H16N4O2. The minimum atomic E-state index is 0.0707. The summed E-state index contributed by atoms with van der Waals surface area (Å²) in [6, 6.07) is 3.90. The van der Waals surface area contributed by atoms with Crippen molar-refractivity contribution in [1.82, 2.24) is 19.9 Å². The van der Waals surface area contributed by atoms with E-state index in [2.05, 4.69) is 19.9 Å². The number of rotatable bonds is 3. The number of imidazole rings is 1. The zero-order valence-electron chi connectivity index (χ0n) is 11.1. The number of carbonyl (C=O) groups is 1. The topological polar surface area (TPSA) is 69.0 Å². The second kappa shape index (κ2) is 4.56. The molecule has 1 aliphatic heterocycles. The summed E-state index contributed by atoms with van der Waals surface area (Å²) in [5.41, 5.74) is 1.75. The van der Waals surface area contributed by atoms with Gasteiger partial charge in [-0.15, -0.1) is 0 Å². The standard InChI is InChI=1S/C14H16N4O2/c19-14(9-3-4-9)16-6-10-7-20-8-12-17-11-2-1-5-15-13(11)18(10)12/h1-2,5,9-10H,3-4,6-8H2,(H,16,19)/t10-/m0/s1. The lowest BCUT2D eigenvalue weighted by Gasteiger charge is -2.25. The van der Waals surface area contributed by atoms with E-state index in [9.17, 15) is 4.79 Å². The van der Waals surface area contributed by atoms with Gasteiger partial charge >= 0.3 is 0 Å². The molecule has 4 rings (SSSR count). The minimum Gasteiger partial charge on any atom is -0.371 e. The fraction of sp³-hybridized carbons (Fsp3) is 0.500. The summed E-state index contributed by atoms with van der Waals surface area (Å²) >= 11 is 0. The first-order valence-electron chi connectivity index (χ1n) is 7.00. The molecule has 1 amide bonds. The Balaban J connectivity index is 1.61. The number of pyridine rings is 1. The first-order valence-corrected chi connectivity index (χ1v) is 7.00. The van der Waals surface area contributed by atoms with Crippen LogP contribution in [-0.2, 0) is 16.1 Å². The first-order chi connectivity index (χ1) is 9.83. The van der Waals surface area contributed by atoms with Crippen molar-refractivity contribution in [3.8, 4) is 0 Å². The van der Waals surface area contributed by atoms with Crippen LogP contribution in [0.3, 0.4) is 0 Å². The number of amides is 1. The SMILES string of the molecule is O=C(NC[C@H]1COCc2nc3cccnc3n21)C1CC1. The Morgan fingerprint density at radius 3 is 3.25 bits per heavy atom. The molecule has 0 unspecified atom stereocenters. The molecule has 3 heterocycles. The highest BCUT2D eigenvalue weighted by atomic mass is 16.5. The van der Waals surface area contributed by atoms with E-state index < -0.39 is 0 Å². The summed E-state index contributed by atoms with van der Waals surface area (Å²) in [6.45, 7) is 1.66. The van der Waals surface area contributed by atoms with Gasteiger partial charge in [-0.25, -0.2) is 9.97 Å². The molecule has 0 bridgehead atoms. The molecule has 6 nitrogen and oxygen atoms in total. The number of nitrogens with one attached hydrogen (secondary N) is 1. The van der Waals surface area contributed by atoms with Gasteiger partial charge in [-0.3, -0.25) is 4.79 Å². The lowest BCUT2D eigenvalue weighted by Crippen LogP contribution is -2.36. The first kappa shape index (κ1) is 11.8. The van der Waals surface area contributed by atoms with Crippen LogP contribution >= 0.6 is 0 Å². The highest BCUT2D eigenvalue weighted by Gasteiger charge is 2.31. The summed E-state index contributed by atoms with van der Waals surface area (Å²) < 4.78 is 7.69. The molecule has 1 atom stereocenters. The van der Waals surface area contributed by atoms with Gasteiger partial charge < -0.3 is 14.6 Å². The quantitative estimate of drug-likeness (QED) is 0.906. The molecule has 1 fully saturated rings. The van der Waals surface area contributed by atoms with Crippen molar-refractivity contribution >= 4 is 17.1 Å². The predicted octanol–water partition coefficient (Wildman–Crippen LogP) is 1.03. The van der Waals surface area contributed by atoms with E-state index in [0.29, 0.717) is 19.8 Å². The Kier molecular flexibility index (Phi) is 2.70. The van der Waals surface area contributed by atoms with Crippen LogP contribution in [0.1, 0.15) is 24.7 Å². The zero-order chi connectivity index (χ0) is 13.5. The third kappa shape index (κ3) is 1.96. The Hall–Kier alpha value is -1.95. The predicted molar refractivity (Wildman–Crippen MR) is 72.0 cm³/mol. The number of hydrogen-bond donors (Lipinski definition) is 1. The highest BCUT2D eigenvalue weighted by Crippen LogP contribution is 2.29. The summed E-state index contributed by atoms with van der Waals surface area (Å²) in [5.74, 6) is 1.28. The van der Waals surface area contributed by atoms with Crippen molar-refractivity contribution in [3.05, 3.63) is 24.2 Å². The second-order valence-corrected chi connectivity index (χ2v) is 5.43. The molecule has 1 aliphatic carbocycles. The number of aromatic nitrogens is 3. The van der Waals surface area contributed by atoms with Gasteiger partial charge in [0.2, 0.25) is 5.91 Å². The van der Waals surface area contributed by atoms with Crippen LogP contribution in [0, 0.1) is 5.92 Å². The molecule has 1 saturated carbocycles. The highest BCUT2D eigenvalue weighted by molar-refractivity contribution is 5.80. The normalized spacial score (nSPS) is 21.7. The largest absolute Gasteiger partial charge is 0.371 e. The molecule has 2 aromatic rings. The molecule has 104 valence electrons. The molecule has 0 radical (unpaired) electrons. The maximum atomic E-state index is 11.8. The van der Waals surface area contributed by atoms with Crippen LogP contribution in [0.15, 0.2) is 18.3 Å². The van der Waals surface area contributed by atoms with Crippen molar-refractivity contribution in [2.75, 3.05) is 13.2 Å². The fourth-order valence-electron chi connectivity index (χ4n) is 2.68. The molecule has 6 heteroatoms. The van der Waals surface area contributed by atoms with Gasteiger partial charge in [0.1, 0.15) is 17.9 Å². The van der Waals surface area contributed by atoms with E-state index in [4.69, 9.17) is 4.74 Å². The van der Waals surface area contributed by atoms with Crippen LogP contribution < -0.4 is 5.32 Å². The zero-order valence-corrected chi connectivity index (χ0v) is 11.1. The van der Waals surface area contributed by atoms with Gasteiger partial charge in [0.15, 0.2) is 5.65 Å². The van der Waals surface area contributed by atoms with Crippen LogP contribution in [0.2, 0.25) is 0 Å². The smallest absolute Gasteiger partial charge is 0.223 e. The molecular weight excluding hydrogens is 256 g/mol. The maximum absolute atomic E-state index is 11.8. The number of fused-ring (bicyclic) bond motifs is 3. The summed E-state index contributed by atoms with van der Waals surface area (Å²) in [6.07, 6.45) is 3.81. The minimum absolute atomic E-state index is 0.0707. The van der Waals surface area contributed by atoms with Crippen LogP contribution in [0.5, 0.6) is 0 Å². The Morgan fingerprint density at radius 2 is 2.40 bits per heavy atom. The average molecular weight is 272 g/mol. The molecule has 1 N–H and O–H groups in total. The van der Waals surface area contributed by atoms with E-state index in [1.807, 2.05) is 12.1 Å². The third-order valence-corrected chi connectivity index (χ3v) is 3.89. The number of nitrogens with zero attached hydrogens (tertiary/aromatic N) is 3. The lowest BCUT2D eigenvalue weighted by atomic mass is 10.2. The van der Waals surface area contributed by atoms with Crippen molar-refractivity contribution in [1.29, 1.82) is 0 Å². The van der Waals surface area contributed by atoms with Crippen molar-refractivity contribution in [2.24, 2.45) is 5.92 Å². The van der Waals surface area contributed by atoms with Gasteiger partial charge in [0, 0.05) is 18.7 Å². The van der Waals surface area contributed by atoms with Gasteiger partial charge in [0.25, 0.3) is 0 Å². The van der Waals surface area contributed by atoms with Crippen molar-refractivity contribution in [3.63, 3.8) is 0 Å². The Bertz CT molecular complexity index is 662. The van der Waals surface area contributed by atoms with Gasteiger partial charge in [-0.1, -0.05) is 0 Å². The molecule has 0 aromatic carbocycles. The Labute approximate surface area is 116 Å². The van der Waals surface area contributed by atoms with E-state index in [1.54, 1.807) is 6.20 Å². The monoisotopic (exact) mass is 272 g/mol. The van der Waals surface area contributed by atoms with Crippen LogP contribution in [-0.4, -0.2) is 33.6 Å². The third-order valence-electron chi connectivity index (χ3n) is 3.89. The lowest BCUT2D eigenvalue weighted by molar-refractivity contribution is -0.122. The molecule has 0 spiro atoms. The van der Waals surface area contributed by atoms with Crippen molar-refractivity contribution in [2.45, 2.75) is 25.5 Å². The van der Waals surface area contributed by atoms with E-state index in [-0.39, 0.29) is 17.9 Å². The van der Waals surface area contributed by atoms with Crippen LogP contribution in [0.4, 0.5) is 0 Å². The molecule has 2 aliphatic rings. The second-order valence-electron chi connectivity index (χ2n) is 5.43. The van der Waals surface area contributed by atoms with Gasteiger partial charge in [-0.2, -0.15) is 0 Å².